The molecule has 9 nitrogen and oxygen atoms in total. The van der Waals surface area contributed by atoms with Crippen molar-refractivity contribution in [2.75, 3.05) is 13.7 Å². The van der Waals surface area contributed by atoms with Gasteiger partial charge in [-0.2, -0.15) is 14.7 Å². The van der Waals surface area contributed by atoms with Crippen molar-refractivity contribution in [3.05, 3.63) is 48.4 Å². The smallest absolute Gasteiger partial charge is 0.255 e. The van der Waals surface area contributed by atoms with E-state index < -0.39 is 0 Å². The Morgan fingerprint density at radius 2 is 2.13 bits per heavy atom. The normalized spacial score (nSPS) is 19.0. The minimum absolute atomic E-state index is 0.114. The molecular weight excluding hydrogens is 396 g/mol. The van der Waals surface area contributed by atoms with E-state index in [0.717, 1.165) is 36.7 Å². The average Bonchev–Trinajstić information content (AvgIpc) is 3.42. The third-order valence-electron chi connectivity index (χ3n) is 6.00. The quantitative estimate of drug-likeness (QED) is 0.513. The van der Waals surface area contributed by atoms with Crippen molar-refractivity contribution in [1.29, 1.82) is 0 Å². The van der Waals surface area contributed by atoms with E-state index in [1.54, 1.807) is 34.8 Å². The van der Waals surface area contributed by atoms with Crippen molar-refractivity contribution in [3.8, 4) is 11.6 Å². The first kappa shape index (κ1) is 19.5. The van der Waals surface area contributed by atoms with Gasteiger partial charge in [-0.3, -0.25) is 4.79 Å². The van der Waals surface area contributed by atoms with Crippen LogP contribution in [0.5, 0.6) is 5.75 Å². The molecule has 2 N–H and O–H groups in total. The zero-order valence-electron chi connectivity index (χ0n) is 17.2. The predicted molar refractivity (Wildman–Crippen MR) is 114 cm³/mol. The van der Waals surface area contributed by atoms with Gasteiger partial charge in [-0.15, -0.1) is 0 Å². The molecule has 0 unspecified atom stereocenters. The molecular formula is C22H24N6O3. The Kier molecular flexibility index (Phi) is 5.03. The molecule has 4 aromatic rings. The lowest BCUT2D eigenvalue weighted by molar-refractivity contribution is 0.0911. The predicted octanol–water partition coefficient (Wildman–Crippen LogP) is 2.36. The van der Waals surface area contributed by atoms with Crippen LogP contribution in [-0.4, -0.2) is 55.2 Å². The van der Waals surface area contributed by atoms with Crippen LogP contribution in [0.1, 0.15) is 36.0 Å². The number of rotatable bonds is 5. The SMILES string of the molecule is COc1cc2nn(-c3cnc4cccnn34)cc2cc1C(=O)NC1CCC(CO)CC1. The van der Waals surface area contributed by atoms with Gasteiger partial charge in [0.05, 0.1) is 24.4 Å². The molecule has 3 aromatic heterocycles. The number of methoxy groups -OCH3 is 1. The lowest BCUT2D eigenvalue weighted by Gasteiger charge is -2.28. The second-order valence-corrected chi connectivity index (χ2v) is 7.97. The molecule has 3 heterocycles. The van der Waals surface area contributed by atoms with Crippen molar-refractivity contribution < 1.29 is 14.6 Å². The molecule has 0 radical (unpaired) electrons. The van der Waals surface area contributed by atoms with Gasteiger partial charge in [0, 0.05) is 36.5 Å². The minimum Gasteiger partial charge on any atom is -0.496 e. The number of carbonyl (C=O) groups excluding carboxylic acids is 1. The molecule has 1 aliphatic carbocycles. The van der Waals surface area contributed by atoms with Gasteiger partial charge in [0.2, 0.25) is 0 Å². The molecule has 0 spiro atoms. The molecule has 0 bridgehead atoms. The second-order valence-electron chi connectivity index (χ2n) is 7.97. The number of nitrogens with one attached hydrogen (secondary N) is 1. The molecule has 0 aliphatic heterocycles. The van der Waals surface area contributed by atoms with E-state index in [1.165, 1.54) is 0 Å². The largest absolute Gasteiger partial charge is 0.496 e. The number of hydrogen-bond donors (Lipinski definition) is 2. The Balaban J connectivity index is 1.44. The van der Waals surface area contributed by atoms with Crippen LogP contribution in [-0.2, 0) is 0 Å². The van der Waals surface area contributed by atoms with Gasteiger partial charge in [0.1, 0.15) is 5.75 Å². The number of aliphatic hydroxyl groups excluding tert-OH is 1. The first-order valence-corrected chi connectivity index (χ1v) is 10.4. The summed E-state index contributed by atoms with van der Waals surface area (Å²) >= 11 is 0. The van der Waals surface area contributed by atoms with Crippen molar-refractivity contribution >= 4 is 22.5 Å². The second kappa shape index (κ2) is 7.99. The first-order chi connectivity index (χ1) is 15.2. The van der Waals surface area contributed by atoms with Gasteiger partial charge in [0.15, 0.2) is 11.5 Å². The van der Waals surface area contributed by atoms with Crippen LogP contribution in [0, 0.1) is 5.92 Å². The van der Waals surface area contributed by atoms with Gasteiger partial charge in [-0.05, 0) is 49.8 Å². The van der Waals surface area contributed by atoms with Gasteiger partial charge >= 0.3 is 0 Å². The highest BCUT2D eigenvalue weighted by Gasteiger charge is 2.24. The van der Waals surface area contributed by atoms with Crippen LogP contribution < -0.4 is 10.1 Å². The number of carbonyl (C=O) groups is 1. The number of nitrogens with zero attached hydrogens (tertiary/aromatic N) is 5. The van der Waals surface area contributed by atoms with Crippen molar-refractivity contribution in [3.63, 3.8) is 0 Å². The van der Waals surface area contributed by atoms with E-state index in [-0.39, 0.29) is 18.6 Å². The molecule has 0 atom stereocenters. The third kappa shape index (κ3) is 3.61. The monoisotopic (exact) mass is 420 g/mol. The van der Waals surface area contributed by atoms with Crippen molar-refractivity contribution in [2.45, 2.75) is 31.7 Å². The summed E-state index contributed by atoms with van der Waals surface area (Å²) in [6.45, 7) is 0.219. The number of aliphatic hydroxyl groups is 1. The number of aromatic nitrogens is 5. The molecule has 0 saturated heterocycles. The highest BCUT2D eigenvalue weighted by atomic mass is 16.5. The average molecular weight is 420 g/mol. The number of fused-ring (bicyclic) bond motifs is 2. The third-order valence-corrected chi connectivity index (χ3v) is 6.00. The summed E-state index contributed by atoms with van der Waals surface area (Å²) in [4.78, 5) is 17.4. The van der Waals surface area contributed by atoms with E-state index in [9.17, 15) is 9.90 Å². The van der Waals surface area contributed by atoms with Crippen LogP contribution in [0.4, 0.5) is 0 Å². The Bertz CT molecular complexity index is 1240. The summed E-state index contributed by atoms with van der Waals surface area (Å²) < 4.78 is 8.91. The van der Waals surface area contributed by atoms with Gasteiger partial charge in [-0.25, -0.2) is 9.67 Å². The minimum atomic E-state index is -0.157. The maximum atomic E-state index is 13.0. The molecule has 31 heavy (non-hydrogen) atoms. The van der Waals surface area contributed by atoms with Crippen molar-refractivity contribution in [2.24, 2.45) is 5.92 Å². The topological polar surface area (TPSA) is 107 Å². The van der Waals surface area contributed by atoms with Crippen LogP contribution in [0.15, 0.2) is 42.9 Å². The lowest BCUT2D eigenvalue weighted by atomic mass is 9.86. The fourth-order valence-electron chi connectivity index (χ4n) is 4.24. The van der Waals surface area contributed by atoms with E-state index in [2.05, 4.69) is 20.5 Å². The maximum Gasteiger partial charge on any atom is 0.255 e. The number of imidazole rings is 1. The highest BCUT2D eigenvalue weighted by molar-refractivity contribution is 6.01. The molecule has 160 valence electrons. The molecule has 1 amide bonds. The Labute approximate surface area is 178 Å². The molecule has 1 saturated carbocycles. The zero-order chi connectivity index (χ0) is 21.4. The van der Waals surface area contributed by atoms with Crippen LogP contribution in [0.25, 0.3) is 22.4 Å². The summed E-state index contributed by atoms with van der Waals surface area (Å²) in [6, 6.07) is 7.41. The van der Waals surface area contributed by atoms with Crippen LogP contribution >= 0.6 is 0 Å². The first-order valence-electron chi connectivity index (χ1n) is 10.4. The van der Waals surface area contributed by atoms with Gasteiger partial charge in [-0.1, -0.05) is 0 Å². The van der Waals surface area contributed by atoms with E-state index in [4.69, 9.17) is 4.74 Å². The van der Waals surface area contributed by atoms with E-state index in [0.29, 0.717) is 28.6 Å². The molecule has 1 aliphatic rings. The van der Waals surface area contributed by atoms with Crippen LogP contribution in [0.2, 0.25) is 0 Å². The fraction of sp³-hybridized carbons (Fsp3) is 0.364. The summed E-state index contributed by atoms with van der Waals surface area (Å²) in [5.74, 6) is 1.38. The summed E-state index contributed by atoms with van der Waals surface area (Å²) in [5, 5.41) is 22.2. The summed E-state index contributed by atoms with van der Waals surface area (Å²) in [6.07, 6.45) is 8.87. The number of ether oxygens (including phenoxy) is 1. The van der Waals surface area contributed by atoms with Crippen LogP contribution in [0.3, 0.4) is 0 Å². The summed E-state index contributed by atoms with van der Waals surface area (Å²) in [5.41, 5.74) is 1.92. The Hall–Kier alpha value is -3.46. The van der Waals surface area contributed by atoms with E-state index in [1.807, 2.05) is 24.4 Å². The number of amides is 1. The Morgan fingerprint density at radius 1 is 1.29 bits per heavy atom. The molecule has 1 fully saturated rings. The molecule has 1 aromatic carbocycles. The van der Waals surface area contributed by atoms with Gasteiger partial charge in [0.25, 0.3) is 5.91 Å². The fourth-order valence-corrected chi connectivity index (χ4v) is 4.24. The molecule has 9 heteroatoms. The number of hydrogen-bond acceptors (Lipinski definition) is 6. The lowest BCUT2D eigenvalue weighted by Crippen LogP contribution is -2.38. The van der Waals surface area contributed by atoms with Crippen molar-refractivity contribution in [1.82, 2.24) is 29.7 Å². The highest BCUT2D eigenvalue weighted by Crippen LogP contribution is 2.28. The molecule has 5 rings (SSSR count). The maximum absolute atomic E-state index is 13.0. The standard InChI is InChI=1S/C22H24N6O3/c1-31-19-10-18-15(9-17(19)22(30)25-16-6-4-14(13-29)5-7-16)12-27(26-18)21-11-23-20-3-2-8-24-28(20)21/h2-3,8-12,14,16,29H,4-7,13H2,1H3,(H,25,30). The Morgan fingerprint density at radius 3 is 2.90 bits per heavy atom. The van der Waals surface area contributed by atoms with E-state index >= 15 is 0 Å². The number of benzene rings is 1. The van der Waals surface area contributed by atoms with Gasteiger partial charge < -0.3 is 15.2 Å². The summed E-state index contributed by atoms with van der Waals surface area (Å²) in [7, 11) is 1.55. The zero-order valence-corrected chi connectivity index (χ0v) is 17.2.